The fourth-order valence-corrected chi connectivity index (χ4v) is 10.2. The van der Waals surface area contributed by atoms with E-state index < -0.39 is 0 Å². The molecule has 0 spiro atoms. The first-order valence-corrected chi connectivity index (χ1v) is 23.0. The zero-order valence-electron chi connectivity index (χ0n) is 36.7. The van der Waals surface area contributed by atoms with E-state index in [1.807, 2.05) is 0 Å². The van der Waals surface area contributed by atoms with Gasteiger partial charge < -0.3 is 14.0 Å². The van der Waals surface area contributed by atoms with Gasteiger partial charge in [0.1, 0.15) is 0 Å². The van der Waals surface area contributed by atoms with Gasteiger partial charge in [0.2, 0.25) is 0 Å². The predicted molar refractivity (Wildman–Crippen MR) is 284 cm³/mol. The Balaban J connectivity index is 0.864. The molecule has 0 bridgehead atoms. The summed E-state index contributed by atoms with van der Waals surface area (Å²) in [5.41, 5.74) is 17.5. The van der Waals surface area contributed by atoms with Crippen LogP contribution in [0.3, 0.4) is 0 Å². The van der Waals surface area contributed by atoms with Crippen LogP contribution in [0.4, 0.5) is 17.1 Å². The standard InChI is InChI=1S/C64H43N3/c1-3-15-52(16-4-1)65(55-35-37-56(38-36-55)67-61-21-11-9-19-57(61)58-20-10-12-22-62(58)67)54-33-29-47(30-34-54)51-32-40-64-60(43-51)59-42-50(31-39-63(59)66(64)53-17-5-2-6-18-53)46-25-23-45(24-26-46)49-28-27-44-13-7-8-14-48(44)41-49/h1-43H. The van der Waals surface area contributed by atoms with Gasteiger partial charge >= 0.3 is 0 Å². The molecule has 0 fully saturated rings. The highest BCUT2D eigenvalue weighted by Crippen LogP contribution is 2.41. The minimum Gasteiger partial charge on any atom is -0.311 e. The maximum atomic E-state index is 2.40. The van der Waals surface area contributed by atoms with Gasteiger partial charge in [0.15, 0.2) is 0 Å². The number of nitrogens with zero attached hydrogens (tertiary/aromatic N) is 3. The molecule has 67 heavy (non-hydrogen) atoms. The molecule has 0 atom stereocenters. The molecule has 0 aliphatic carbocycles. The lowest BCUT2D eigenvalue weighted by atomic mass is 9.97. The summed E-state index contributed by atoms with van der Waals surface area (Å²) < 4.78 is 4.77. The highest BCUT2D eigenvalue weighted by Gasteiger charge is 2.18. The molecule has 3 heteroatoms. The van der Waals surface area contributed by atoms with Gasteiger partial charge in [-0.3, -0.25) is 0 Å². The van der Waals surface area contributed by atoms with Gasteiger partial charge in [-0.25, -0.2) is 0 Å². The average Bonchev–Trinajstić information content (AvgIpc) is 3.92. The van der Waals surface area contributed by atoms with Crippen LogP contribution in [0.5, 0.6) is 0 Å². The van der Waals surface area contributed by atoms with Gasteiger partial charge in [-0.05, 0) is 147 Å². The van der Waals surface area contributed by atoms with E-state index in [-0.39, 0.29) is 0 Å². The zero-order chi connectivity index (χ0) is 44.3. The fraction of sp³-hybridized carbons (Fsp3) is 0. The molecule has 0 unspecified atom stereocenters. The second-order valence-electron chi connectivity index (χ2n) is 17.4. The van der Waals surface area contributed by atoms with Crippen LogP contribution in [0.1, 0.15) is 0 Å². The molecule has 0 amide bonds. The van der Waals surface area contributed by atoms with E-state index in [1.54, 1.807) is 0 Å². The molecular weight excluding hydrogens is 811 g/mol. The SMILES string of the molecule is c1ccc(N(c2ccc(-c3ccc4c(c3)c3cc(-c5ccc(-c6ccc7ccccc7c6)cc5)ccc3n4-c3ccccc3)cc2)c2ccc(-n3c4ccccc4c4ccccc43)cc2)cc1. The van der Waals surface area contributed by atoms with Crippen LogP contribution in [0.2, 0.25) is 0 Å². The van der Waals surface area contributed by atoms with Crippen molar-refractivity contribution >= 4 is 71.4 Å². The van der Waals surface area contributed by atoms with Gasteiger partial charge in [-0.1, -0.05) is 158 Å². The Morgan fingerprint density at radius 2 is 0.597 bits per heavy atom. The summed E-state index contributed by atoms with van der Waals surface area (Å²) in [6.45, 7) is 0. The number of hydrogen-bond donors (Lipinski definition) is 0. The van der Waals surface area contributed by atoms with Crippen LogP contribution in [-0.4, -0.2) is 9.13 Å². The topological polar surface area (TPSA) is 13.1 Å². The molecular formula is C64H43N3. The van der Waals surface area contributed by atoms with Crippen LogP contribution < -0.4 is 4.90 Å². The average molecular weight is 854 g/mol. The summed E-state index contributed by atoms with van der Waals surface area (Å²) in [6.07, 6.45) is 0. The van der Waals surface area contributed by atoms with Crippen molar-refractivity contribution < 1.29 is 0 Å². The van der Waals surface area contributed by atoms with E-state index in [9.17, 15) is 0 Å². The van der Waals surface area contributed by atoms with E-state index in [0.717, 1.165) is 28.4 Å². The van der Waals surface area contributed by atoms with Crippen molar-refractivity contribution in [3.63, 3.8) is 0 Å². The lowest BCUT2D eigenvalue weighted by molar-refractivity contribution is 1.17. The normalized spacial score (nSPS) is 11.6. The van der Waals surface area contributed by atoms with Crippen LogP contribution in [0, 0.1) is 0 Å². The Bertz CT molecular complexity index is 3880. The summed E-state index contributed by atoms with van der Waals surface area (Å²) in [5.74, 6) is 0. The molecule has 3 nitrogen and oxygen atoms in total. The van der Waals surface area contributed by atoms with Crippen LogP contribution in [-0.2, 0) is 0 Å². The number of rotatable bonds is 8. The molecule has 0 aliphatic heterocycles. The molecule has 0 saturated heterocycles. The molecule has 2 aromatic heterocycles. The monoisotopic (exact) mass is 853 g/mol. The lowest BCUT2D eigenvalue weighted by Crippen LogP contribution is -2.10. The minimum atomic E-state index is 1.09. The summed E-state index contributed by atoms with van der Waals surface area (Å²) >= 11 is 0. The van der Waals surface area contributed by atoms with Gasteiger partial charge in [0, 0.05) is 50.0 Å². The van der Waals surface area contributed by atoms with Crippen molar-refractivity contribution in [3.05, 3.63) is 261 Å². The number of fused-ring (bicyclic) bond motifs is 7. The third-order valence-corrected chi connectivity index (χ3v) is 13.5. The highest BCUT2D eigenvalue weighted by molar-refractivity contribution is 6.12. The van der Waals surface area contributed by atoms with Gasteiger partial charge in [-0.15, -0.1) is 0 Å². The highest BCUT2D eigenvalue weighted by atomic mass is 15.1. The third-order valence-electron chi connectivity index (χ3n) is 13.5. The Morgan fingerprint density at radius 3 is 1.16 bits per heavy atom. The van der Waals surface area contributed by atoms with E-state index in [0.29, 0.717) is 0 Å². The van der Waals surface area contributed by atoms with Gasteiger partial charge in [0.05, 0.1) is 22.1 Å². The van der Waals surface area contributed by atoms with Crippen LogP contribution >= 0.6 is 0 Å². The Hall–Kier alpha value is -8.92. The molecule has 2 heterocycles. The second kappa shape index (κ2) is 16.0. The molecule has 0 N–H and O–H groups in total. The number of benzene rings is 11. The summed E-state index contributed by atoms with van der Waals surface area (Å²) in [4.78, 5) is 2.34. The molecule has 13 aromatic rings. The molecule has 0 radical (unpaired) electrons. The molecule has 0 saturated carbocycles. The van der Waals surface area contributed by atoms with Crippen LogP contribution in [0.15, 0.2) is 261 Å². The fourth-order valence-electron chi connectivity index (χ4n) is 10.2. The Morgan fingerprint density at radius 1 is 0.224 bits per heavy atom. The zero-order valence-corrected chi connectivity index (χ0v) is 36.7. The summed E-state index contributed by atoms with van der Waals surface area (Å²) in [5, 5.41) is 7.50. The molecule has 11 aromatic carbocycles. The van der Waals surface area contributed by atoms with Gasteiger partial charge in [0.25, 0.3) is 0 Å². The predicted octanol–water partition coefficient (Wildman–Crippen LogP) is 17.5. The van der Waals surface area contributed by atoms with Crippen molar-refractivity contribution in [1.82, 2.24) is 9.13 Å². The smallest absolute Gasteiger partial charge is 0.0541 e. The van der Waals surface area contributed by atoms with E-state index >= 15 is 0 Å². The largest absolute Gasteiger partial charge is 0.311 e. The molecule has 314 valence electrons. The number of aromatic nitrogens is 2. The quantitative estimate of drug-likeness (QED) is 0.148. The Labute approximate surface area is 389 Å². The summed E-state index contributed by atoms with van der Waals surface area (Å²) in [6, 6.07) is 94.8. The second-order valence-corrected chi connectivity index (χ2v) is 17.4. The first kappa shape index (κ1) is 38.5. The van der Waals surface area contributed by atoms with Crippen molar-refractivity contribution in [2.75, 3.05) is 4.90 Å². The van der Waals surface area contributed by atoms with Crippen molar-refractivity contribution in [3.8, 4) is 44.8 Å². The van der Waals surface area contributed by atoms with Crippen molar-refractivity contribution in [2.24, 2.45) is 0 Å². The maximum absolute atomic E-state index is 2.40. The molecule has 13 rings (SSSR count). The first-order valence-electron chi connectivity index (χ1n) is 23.0. The number of hydrogen-bond acceptors (Lipinski definition) is 1. The van der Waals surface area contributed by atoms with Gasteiger partial charge in [-0.2, -0.15) is 0 Å². The van der Waals surface area contributed by atoms with Crippen molar-refractivity contribution in [2.45, 2.75) is 0 Å². The lowest BCUT2D eigenvalue weighted by Gasteiger charge is -2.26. The van der Waals surface area contributed by atoms with Crippen molar-refractivity contribution in [1.29, 1.82) is 0 Å². The Kier molecular flexibility index (Phi) is 9.17. The van der Waals surface area contributed by atoms with Crippen LogP contribution in [0.25, 0.3) is 99.1 Å². The van der Waals surface area contributed by atoms with E-state index in [2.05, 4.69) is 275 Å². The van der Waals surface area contributed by atoms with E-state index in [4.69, 9.17) is 0 Å². The number of anilines is 3. The summed E-state index contributed by atoms with van der Waals surface area (Å²) in [7, 11) is 0. The molecule has 0 aliphatic rings. The van der Waals surface area contributed by atoms with E-state index in [1.165, 1.54) is 87.8 Å². The first-order chi connectivity index (χ1) is 33.2. The maximum Gasteiger partial charge on any atom is 0.0541 e. The third kappa shape index (κ3) is 6.67. The number of para-hydroxylation sites is 4. The minimum absolute atomic E-state index is 1.09.